The second-order valence-corrected chi connectivity index (χ2v) is 7.92. The van der Waals surface area contributed by atoms with Crippen LogP contribution in [-0.2, 0) is 13.1 Å². The molecule has 0 atom stereocenters. The van der Waals surface area contributed by atoms with Gasteiger partial charge in [-0.25, -0.2) is 14.0 Å². The van der Waals surface area contributed by atoms with Gasteiger partial charge in [0.25, 0.3) is 0 Å². The van der Waals surface area contributed by atoms with E-state index in [1.807, 2.05) is 42.5 Å². The smallest absolute Gasteiger partial charge is 0.350 e. The molecular weight excluding hydrogens is 390 g/mol. The van der Waals surface area contributed by atoms with Gasteiger partial charge in [0.1, 0.15) is 18.7 Å². The van der Waals surface area contributed by atoms with Crippen LogP contribution in [0.3, 0.4) is 0 Å². The monoisotopic (exact) mass is 421 g/mol. The van der Waals surface area contributed by atoms with Gasteiger partial charge in [-0.3, -0.25) is 4.90 Å². The van der Waals surface area contributed by atoms with Gasteiger partial charge in [-0.1, -0.05) is 36.8 Å². The number of nitrogens with one attached hydrogen (secondary N) is 1. The lowest BCUT2D eigenvalue weighted by molar-refractivity contribution is 0.221. The Hall–Kier alpha value is -2.90. The molecule has 0 radical (unpaired) electrons. The summed E-state index contributed by atoms with van der Waals surface area (Å²) >= 11 is 0. The Balaban J connectivity index is 1.23. The highest BCUT2D eigenvalue weighted by molar-refractivity contribution is 5.34. The lowest BCUT2D eigenvalue weighted by Gasteiger charge is -2.26. The molecule has 2 aromatic carbocycles. The van der Waals surface area contributed by atoms with Crippen LogP contribution in [0.5, 0.6) is 5.75 Å². The predicted octanol–water partition coefficient (Wildman–Crippen LogP) is 2.69. The average Bonchev–Trinajstić information content (AvgIpc) is 3.18. The molecule has 31 heavy (non-hydrogen) atoms. The molecule has 7 heteroatoms. The fraction of sp³-hybridized carbons (Fsp3) is 0.417. The maximum absolute atomic E-state index is 12.7. The van der Waals surface area contributed by atoms with E-state index in [-0.39, 0.29) is 5.69 Å². The lowest BCUT2D eigenvalue weighted by Crippen LogP contribution is -2.30. The average molecular weight is 422 g/mol. The lowest BCUT2D eigenvalue weighted by atomic mass is 10.1. The quantitative estimate of drug-likeness (QED) is 0.510. The van der Waals surface area contributed by atoms with Crippen LogP contribution in [0.4, 0.5) is 0 Å². The molecule has 1 N–H and O–H groups in total. The van der Waals surface area contributed by atoms with Crippen molar-refractivity contribution in [1.82, 2.24) is 24.6 Å². The minimum Gasteiger partial charge on any atom is -0.492 e. The largest absolute Gasteiger partial charge is 0.492 e. The number of hydrogen-bond acceptors (Lipinski definition) is 5. The van der Waals surface area contributed by atoms with E-state index >= 15 is 0 Å². The summed E-state index contributed by atoms with van der Waals surface area (Å²) in [6, 6.07) is 18.0. The molecule has 1 aliphatic heterocycles. The van der Waals surface area contributed by atoms with E-state index in [0.717, 1.165) is 18.0 Å². The molecule has 0 bridgehead atoms. The summed E-state index contributed by atoms with van der Waals surface area (Å²) in [4.78, 5) is 15.2. The molecule has 1 aromatic heterocycles. The molecule has 3 aromatic rings. The van der Waals surface area contributed by atoms with Gasteiger partial charge in [-0.2, -0.15) is 5.10 Å². The molecule has 7 nitrogen and oxygen atoms in total. The molecule has 0 amide bonds. The zero-order valence-electron chi connectivity index (χ0n) is 17.9. The first-order chi connectivity index (χ1) is 15.3. The first kappa shape index (κ1) is 21.3. The van der Waals surface area contributed by atoms with Crippen LogP contribution in [0.15, 0.2) is 65.7 Å². The van der Waals surface area contributed by atoms with E-state index in [1.54, 1.807) is 10.9 Å². The Bertz CT molecular complexity index is 975. The number of benzene rings is 2. The van der Waals surface area contributed by atoms with Crippen LogP contribution in [-0.4, -0.2) is 52.0 Å². The Kier molecular flexibility index (Phi) is 7.52. The van der Waals surface area contributed by atoms with Gasteiger partial charge in [0.05, 0.1) is 12.2 Å². The number of nitrogens with zero attached hydrogens (tertiary/aromatic N) is 4. The standard InChI is InChI=1S/C24H31N5O2/c30-24-28(22-11-9-21(10-12-22)19-27-15-5-2-6-16-27)20-26-29(24)17-13-25-14-18-31-23-7-3-1-4-8-23/h1,3-4,7-12,20,25H,2,5-6,13-19H2. The van der Waals surface area contributed by atoms with Crippen LogP contribution in [0.1, 0.15) is 24.8 Å². The highest BCUT2D eigenvalue weighted by Crippen LogP contribution is 2.14. The second-order valence-electron chi connectivity index (χ2n) is 7.92. The summed E-state index contributed by atoms with van der Waals surface area (Å²) < 4.78 is 8.74. The summed E-state index contributed by atoms with van der Waals surface area (Å²) in [6.45, 7) is 5.81. The number of rotatable bonds is 10. The highest BCUT2D eigenvalue weighted by Gasteiger charge is 2.11. The molecule has 164 valence electrons. The summed E-state index contributed by atoms with van der Waals surface area (Å²) in [5.74, 6) is 0.862. The van der Waals surface area contributed by atoms with Crippen molar-refractivity contribution in [3.63, 3.8) is 0 Å². The zero-order valence-corrected chi connectivity index (χ0v) is 17.9. The molecule has 4 rings (SSSR count). The molecule has 0 saturated carbocycles. The first-order valence-electron chi connectivity index (χ1n) is 11.1. The molecule has 0 aliphatic carbocycles. The number of para-hydroxylation sites is 1. The van der Waals surface area contributed by atoms with Crippen LogP contribution in [0, 0.1) is 0 Å². The van der Waals surface area contributed by atoms with Gasteiger partial charge in [-0.15, -0.1) is 0 Å². The molecule has 0 spiro atoms. The van der Waals surface area contributed by atoms with Crippen molar-refractivity contribution >= 4 is 0 Å². The number of hydrogen-bond donors (Lipinski definition) is 1. The first-order valence-corrected chi connectivity index (χ1v) is 11.1. The number of likely N-dealkylation sites (tertiary alicyclic amines) is 1. The second kappa shape index (κ2) is 10.9. The van der Waals surface area contributed by atoms with Crippen molar-refractivity contribution in [1.29, 1.82) is 0 Å². The van der Waals surface area contributed by atoms with Gasteiger partial charge in [0.15, 0.2) is 0 Å². The van der Waals surface area contributed by atoms with Crippen molar-refractivity contribution in [3.8, 4) is 11.4 Å². The Morgan fingerprint density at radius 1 is 0.935 bits per heavy atom. The SMILES string of the molecule is O=c1n(-c2ccc(CN3CCCCC3)cc2)cnn1CCNCCOc1ccccc1. The molecule has 2 heterocycles. The molecule has 1 fully saturated rings. The van der Waals surface area contributed by atoms with E-state index < -0.39 is 0 Å². The molecular formula is C24H31N5O2. The van der Waals surface area contributed by atoms with E-state index in [1.165, 1.54) is 42.6 Å². The van der Waals surface area contributed by atoms with Gasteiger partial charge in [0, 0.05) is 19.6 Å². The summed E-state index contributed by atoms with van der Waals surface area (Å²) in [5.41, 5.74) is 2.02. The topological polar surface area (TPSA) is 64.3 Å². The number of ether oxygens (including phenoxy) is 1. The fourth-order valence-electron chi connectivity index (χ4n) is 3.87. The van der Waals surface area contributed by atoms with Crippen LogP contribution in [0.25, 0.3) is 5.69 Å². The van der Waals surface area contributed by atoms with E-state index in [2.05, 4.69) is 27.4 Å². The molecule has 1 aliphatic rings. The van der Waals surface area contributed by atoms with Crippen molar-refractivity contribution in [2.45, 2.75) is 32.4 Å². The van der Waals surface area contributed by atoms with Gasteiger partial charge in [-0.05, 0) is 55.8 Å². The maximum atomic E-state index is 12.7. The minimum atomic E-state index is -0.119. The van der Waals surface area contributed by atoms with Crippen molar-refractivity contribution < 1.29 is 4.74 Å². The van der Waals surface area contributed by atoms with E-state index in [4.69, 9.17) is 4.74 Å². The van der Waals surface area contributed by atoms with Gasteiger partial charge >= 0.3 is 5.69 Å². The molecule has 1 saturated heterocycles. The third kappa shape index (κ3) is 6.06. The number of piperidine rings is 1. The fourth-order valence-corrected chi connectivity index (χ4v) is 3.87. The van der Waals surface area contributed by atoms with Gasteiger partial charge < -0.3 is 10.1 Å². The highest BCUT2D eigenvalue weighted by atomic mass is 16.5. The Morgan fingerprint density at radius 2 is 1.71 bits per heavy atom. The Labute approximate surface area is 183 Å². The normalized spacial score (nSPS) is 14.6. The van der Waals surface area contributed by atoms with Crippen LogP contribution in [0.2, 0.25) is 0 Å². The summed E-state index contributed by atoms with van der Waals surface area (Å²) in [7, 11) is 0. The van der Waals surface area contributed by atoms with Crippen LogP contribution >= 0.6 is 0 Å². The molecule has 0 unspecified atom stereocenters. The number of aromatic nitrogens is 3. The van der Waals surface area contributed by atoms with E-state index in [9.17, 15) is 4.79 Å². The summed E-state index contributed by atoms with van der Waals surface area (Å²) in [6.07, 6.45) is 5.53. The third-order valence-electron chi connectivity index (χ3n) is 5.59. The minimum absolute atomic E-state index is 0.119. The van der Waals surface area contributed by atoms with Crippen molar-refractivity contribution in [2.24, 2.45) is 0 Å². The zero-order chi connectivity index (χ0) is 21.3. The van der Waals surface area contributed by atoms with Crippen molar-refractivity contribution in [3.05, 3.63) is 77.0 Å². The maximum Gasteiger partial charge on any atom is 0.350 e. The predicted molar refractivity (Wildman–Crippen MR) is 122 cm³/mol. The van der Waals surface area contributed by atoms with Crippen LogP contribution < -0.4 is 15.7 Å². The van der Waals surface area contributed by atoms with Gasteiger partial charge in [0.2, 0.25) is 0 Å². The van der Waals surface area contributed by atoms with Crippen molar-refractivity contribution in [2.75, 3.05) is 32.8 Å². The Morgan fingerprint density at radius 3 is 2.48 bits per heavy atom. The van der Waals surface area contributed by atoms with E-state index in [0.29, 0.717) is 26.2 Å². The third-order valence-corrected chi connectivity index (χ3v) is 5.59. The summed E-state index contributed by atoms with van der Waals surface area (Å²) in [5, 5.41) is 7.55.